The molecular weight excluding hydrogens is 296 g/mol. The van der Waals surface area contributed by atoms with Crippen LogP contribution in [0.15, 0.2) is 43.0 Å². The summed E-state index contributed by atoms with van der Waals surface area (Å²) in [6, 6.07) is 9.68. The Morgan fingerprint density at radius 1 is 1.00 bits per heavy atom. The number of carbonyl (C=O) groups is 3. The van der Waals surface area contributed by atoms with Crippen LogP contribution in [-0.4, -0.2) is 23.0 Å². The molecule has 0 saturated carbocycles. The molecule has 23 heavy (non-hydrogen) atoms. The Morgan fingerprint density at radius 3 is 2.17 bits per heavy atom. The summed E-state index contributed by atoms with van der Waals surface area (Å²) >= 11 is 0. The second-order valence-corrected chi connectivity index (χ2v) is 5.29. The second-order valence-electron chi connectivity index (χ2n) is 5.29. The number of rotatable bonds is 3. The van der Waals surface area contributed by atoms with Crippen LogP contribution in [-0.2, 0) is 4.74 Å². The minimum atomic E-state index is -1.18. The fourth-order valence-electron chi connectivity index (χ4n) is 2.50. The lowest BCUT2D eigenvalue weighted by Gasteiger charge is -2.08. The number of carboxylic acids is 1. The van der Waals surface area contributed by atoms with E-state index in [0.29, 0.717) is 11.1 Å². The van der Waals surface area contributed by atoms with E-state index in [4.69, 9.17) is 0 Å². The van der Waals surface area contributed by atoms with E-state index in [9.17, 15) is 19.5 Å². The van der Waals surface area contributed by atoms with Crippen molar-refractivity contribution < 1.29 is 24.2 Å². The van der Waals surface area contributed by atoms with E-state index in [0.717, 1.165) is 17.2 Å². The van der Waals surface area contributed by atoms with Crippen molar-refractivity contribution in [3.63, 3.8) is 0 Å². The van der Waals surface area contributed by atoms with E-state index < -0.39 is 17.9 Å². The third-order valence-corrected chi connectivity index (χ3v) is 3.68. The Balaban J connectivity index is 2.24. The van der Waals surface area contributed by atoms with Crippen molar-refractivity contribution in [1.29, 1.82) is 0 Å². The SMILES string of the molecule is C=C(C)c1ccc(-c2cc(C(=O)O)cc3c2C(=O)OC3=O)cc1. The van der Waals surface area contributed by atoms with Gasteiger partial charge in [0.05, 0.1) is 16.7 Å². The molecule has 0 unspecified atom stereocenters. The van der Waals surface area contributed by atoms with Gasteiger partial charge in [0.15, 0.2) is 0 Å². The molecule has 1 aliphatic heterocycles. The van der Waals surface area contributed by atoms with Gasteiger partial charge < -0.3 is 9.84 Å². The Morgan fingerprint density at radius 2 is 1.61 bits per heavy atom. The molecule has 0 aromatic heterocycles. The quantitative estimate of drug-likeness (QED) is 0.694. The van der Waals surface area contributed by atoms with E-state index in [-0.39, 0.29) is 16.7 Å². The van der Waals surface area contributed by atoms with Crippen molar-refractivity contribution in [1.82, 2.24) is 0 Å². The van der Waals surface area contributed by atoms with E-state index in [1.807, 2.05) is 19.1 Å². The normalized spacial score (nSPS) is 12.7. The van der Waals surface area contributed by atoms with Crippen LogP contribution in [0.4, 0.5) is 0 Å². The van der Waals surface area contributed by atoms with Crippen molar-refractivity contribution >= 4 is 23.5 Å². The number of allylic oxidation sites excluding steroid dienone is 1. The highest BCUT2D eigenvalue weighted by Crippen LogP contribution is 2.33. The minimum Gasteiger partial charge on any atom is -0.478 e. The Labute approximate surface area is 131 Å². The summed E-state index contributed by atoms with van der Waals surface area (Å²) in [5, 5.41) is 9.21. The molecule has 2 aromatic carbocycles. The van der Waals surface area contributed by atoms with Gasteiger partial charge in [-0.3, -0.25) is 0 Å². The monoisotopic (exact) mass is 308 g/mol. The summed E-state index contributed by atoms with van der Waals surface area (Å²) in [6.45, 7) is 5.72. The average molecular weight is 308 g/mol. The molecule has 1 aliphatic rings. The molecule has 0 saturated heterocycles. The molecule has 0 bridgehead atoms. The third-order valence-electron chi connectivity index (χ3n) is 3.68. The highest BCUT2D eigenvalue weighted by atomic mass is 16.6. The van der Waals surface area contributed by atoms with Crippen molar-refractivity contribution in [3.8, 4) is 11.1 Å². The first-order valence-electron chi connectivity index (χ1n) is 6.82. The van der Waals surface area contributed by atoms with Crippen LogP contribution in [0.3, 0.4) is 0 Å². The van der Waals surface area contributed by atoms with Gasteiger partial charge >= 0.3 is 17.9 Å². The molecule has 0 aliphatic carbocycles. The summed E-state index contributed by atoms with van der Waals surface area (Å²) in [7, 11) is 0. The average Bonchev–Trinajstić information content (AvgIpc) is 2.81. The molecule has 0 fully saturated rings. The van der Waals surface area contributed by atoms with E-state index in [1.54, 1.807) is 12.1 Å². The van der Waals surface area contributed by atoms with Crippen LogP contribution >= 0.6 is 0 Å². The number of hydrogen-bond donors (Lipinski definition) is 1. The predicted octanol–water partition coefficient (Wildman–Crippen LogP) is 3.40. The van der Waals surface area contributed by atoms with Crippen LogP contribution < -0.4 is 0 Å². The number of benzene rings is 2. The maximum absolute atomic E-state index is 11.9. The van der Waals surface area contributed by atoms with Gasteiger partial charge in [0.1, 0.15) is 0 Å². The minimum absolute atomic E-state index is 0.0196. The summed E-state index contributed by atoms with van der Waals surface area (Å²) in [5.41, 5.74) is 2.81. The fourth-order valence-corrected chi connectivity index (χ4v) is 2.50. The molecule has 0 radical (unpaired) electrons. The third kappa shape index (κ3) is 2.42. The lowest BCUT2D eigenvalue weighted by molar-refractivity contribution is 0.0443. The molecule has 1 heterocycles. The lowest BCUT2D eigenvalue weighted by Crippen LogP contribution is -2.03. The predicted molar refractivity (Wildman–Crippen MR) is 83.3 cm³/mol. The van der Waals surface area contributed by atoms with Crippen molar-refractivity contribution in [2.24, 2.45) is 0 Å². The van der Waals surface area contributed by atoms with Gasteiger partial charge in [0, 0.05) is 0 Å². The topological polar surface area (TPSA) is 80.7 Å². The maximum atomic E-state index is 11.9. The van der Waals surface area contributed by atoms with Crippen molar-refractivity contribution in [2.45, 2.75) is 6.92 Å². The number of esters is 2. The van der Waals surface area contributed by atoms with E-state index >= 15 is 0 Å². The molecule has 0 amide bonds. The van der Waals surface area contributed by atoms with Gasteiger partial charge in [0.25, 0.3) is 0 Å². The van der Waals surface area contributed by atoms with E-state index in [2.05, 4.69) is 11.3 Å². The second kappa shape index (κ2) is 5.21. The Kier molecular flexibility index (Phi) is 3.33. The van der Waals surface area contributed by atoms with Crippen LogP contribution in [0, 0.1) is 0 Å². The van der Waals surface area contributed by atoms with Crippen LogP contribution in [0.1, 0.15) is 43.6 Å². The molecule has 1 N–H and O–H groups in total. The molecule has 3 rings (SSSR count). The van der Waals surface area contributed by atoms with Gasteiger partial charge in [-0.2, -0.15) is 0 Å². The number of fused-ring (bicyclic) bond motifs is 1. The maximum Gasteiger partial charge on any atom is 0.347 e. The summed E-state index contributed by atoms with van der Waals surface area (Å²) < 4.78 is 4.61. The van der Waals surface area contributed by atoms with Crippen molar-refractivity contribution in [3.05, 3.63) is 65.2 Å². The van der Waals surface area contributed by atoms with Gasteiger partial charge in [-0.05, 0) is 35.7 Å². The first-order chi connectivity index (χ1) is 10.9. The number of carbonyl (C=O) groups excluding carboxylic acids is 2. The Bertz CT molecular complexity index is 875. The standard InChI is InChI=1S/C18H12O5/c1-9(2)10-3-5-11(6-4-10)13-7-12(16(19)20)8-14-15(13)18(22)23-17(14)21/h3-8H,1H2,2H3,(H,19,20). The summed E-state index contributed by atoms with van der Waals surface area (Å²) in [6.07, 6.45) is 0. The summed E-state index contributed by atoms with van der Waals surface area (Å²) in [5.74, 6) is -2.77. The molecular formula is C18H12O5. The zero-order valence-corrected chi connectivity index (χ0v) is 12.3. The van der Waals surface area contributed by atoms with Crippen LogP contribution in [0.2, 0.25) is 0 Å². The zero-order valence-electron chi connectivity index (χ0n) is 12.3. The van der Waals surface area contributed by atoms with Crippen LogP contribution in [0.5, 0.6) is 0 Å². The van der Waals surface area contributed by atoms with Gasteiger partial charge in [-0.15, -0.1) is 0 Å². The zero-order chi connectivity index (χ0) is 16.7. The number of ether oxygens (including phenoxy) is 1. The van der Waals surface area contributed by atoms with Gasteiger partial charge in [-0.25, -0.2) is 14.4 Å². The largest absolute Gasteiger partial charge is 0.478 e. The van der Waals surface area contributed by atoms with Crippen LogP contribution in [0.25, 0.3) is 16.7 Å². The molecule has 114 valence electrons. The fraction of sp³-hybridized carbons (Fsp3) is 0.0556. The number of cyclic esters (lactones) is 2. The number of carboxylic acid groups (broad SMARTS) is 1. The molecule has 2 aromatic rings. The molecule has 5 heteroatoms. The molecule has 0 spiro atoms. The highest BCUT2D eigenvalue weighted by Gasteiger charge is 2.34. The first kappa shape index (κ1) is 14.7. The van der Waals surface area contributed by atoms with Gasteiger partial charge in [-0.1, -0.05) is 36.4 Å². The van der Waals surface area contributed by atoms with Gasteiger partial charge in [0.2, 0.25) is 0 Å². The Hall–Kier alpha value is -3.21. The number of aromatic carboxylic acids is 1. The smallest absolute Gasteiger partial charge is 0.347 e. The highest BCUT2D eigenvalue weighted by molar-refractivity contribution is 6.19. The molecule has 0 atom stereocenters. The van der Waals surface area contributed by atoms with E-state index in [1.165, 1.54) is 6.07 Å². The van der Waals surface area contributed by atoms with Crippen molar-refractivity contribution in [2.75, 3.05) is 0 Å². The first-order valence-corrected chi connectivity index (χ1v) is 6.82. The molecule has 5 nitrogen and oxygen atoms in total. The lowest BCUT2D eigenvalue weighted by atomic mass is 9.93. The summed E-state index contributed by atoms with van der Waals surface area (Å²) in [4.78, 5) is 34.9. The number of hydrogen-bond acceptors (Lipinski definition) is 4.